The summed E-state index contributed by atoms with van der Waals surface area (Å²) < 4.78 is 1.14. The van der Waals surface area contributed by atoms with Gasteiger partial charge in [0.2, 0.25) is 0 Å². The standard InChI is InChI=1S/C23H28O2S2/c1-3-5-7-9-16-11-13-17(14-12-16)20-19-15-18(10-8-6-4-2)26-23(19)27-21(20)22(24)25/h11-15H,3-10H2,1-2H3,(H,24,25). The SMILES string of the molecule is CCCCCc1ccc(-c2c(C(=O)O)sc3sc(CCCCC)cc23)cc1. The monoisotopic (exact) mass is 400 g/mol. The maximum Gasteiger partial charge on any atom is 0.346 e. The smallest absolute Gasteiger partial charge is 0.346 e. The van der Waals surface area contributed by atoms with Crippen LogP contribution in [0.1, 0.15) is 72.5 Å². The minimum absolute atomic E-state index is 0.468. The Balaban J connectivity index is 1.90. The second kappa shape index (κ2) is 9.52. The molecule has 0 bridgehead atoms. The Morgan fingerprint density at radius 3 is 2.22 bits per heavy atom. The molecule has 27 heavy (non-hydrogen) atoms. The molecule has 0 amide bonds. The largest absolute Gasteiger partial charge is 0.477 e. The third-order valence-corrected chi connectivity index (χ3v) is 7.45. The minimum Gasteiger partial charge on any atom is -0.477 e. The number of hydrogen-bond donors (Lipinski definition) is 1. The Morgan fingerprint density at radius 1 is 0.926 bits per heavy atom. The van der Waals surface area contributed by atoms with Gasteiger partial charge in [0.05, 0.1) is 4.01 Å². The first kappa shape index (κ1) is 20.1. The summed E-state index contributed by atoms with van der Waals surface area (Å²) >= 11 is 3.19. The van der Waals surface area contributed by atoms with Crippen molar-refractivity contribution in [2.75, 3.05) is 0 Å². The lowest BCUT2D eigenvalue weighted by Crippen LogP contribution is -1.95. The average Bonchev–Trinajstić information content (AvgIpc) is 3.20. The van der Waals surface area contributed by atoms with Crippen LogP contribution in [-0.4, -0.2) is 11.1 Å². The van der Waals surface area contributed by atoms with Gasteiger partial charge in [0, 0.05) is 15.8 Å². The number of benzene rings is 1. The summed E-state index contributed by atoms with van der Waals surface area (Å²) in [6.07, 6.45) is 9.56. The molecule has 0 aliphatic heterocycles. The zero-order valence-electron chi connectivity index (χ0n) is 16.2. The van der Waals surface area contributed by atoms with E-state index in [9.17, 15) is 9.90 Å². The number of hydrogen-bond acceptors (Lipinski definition) is 3. The maximum absolute atomic E-state index is 11.8. The summed E-state index contributed by atoms with van der Waals surface area (Å²) in [6.45, 7) is 4.44. The number of carbonyl (C=O) groups is 1. The molecule has 0 saturated heterocycles. The summed E-state index contributed by atoms with van der Waals surface area (Å²) in [5.74, 6) is -0.821. The van der Waals surface area contributed by atoms with E-state index in [1.165, 1.54) is 60.3 Å². The van der Waals surface area contributed by atoms with Crippen LogP contribution < -0.4 is 0 Å². The quantitative estimate of drug-likeness (QED) is 0.353. The molecule has 2 heterocycles. The van der Waals surface area contributed by atoms with Gasteiger partial charge in [0.25, 0.3) is 0 Å². The summed E-state index contributed by atoms with van der Waals surface area (Å²) in [6, 6.07) is 10.7. The fraction of sp³-hybridized carbons (Fsp3) is 0.435. The van der Waals surface area contributed by atoms with E-state index in [2.05, 4.69) is 44.2 Å². The summed E-state index contributed by atoms with van der Waals surface area (Å²) in [4.78, 5) is 13.7. The van der Waals surface area contributed by atoms with Gasteiger partial charge in [-0.3, -0.25) is 0 Å². The Kier molecular flexibility index (Phi) is 7.08. The molecule has 1 aromatic carbocycles. The molecule has 4 heteroatoms. The van der Waals surface area contributed by atoms with Crippen LogP contribution in [0.2, 0.25) is 0 Å². The van der Waals surface area contributed by atoms with E-state index < -0.39 is 5.97 Å². The molecular weight excluding hydrogens is 372 g/mol. The van der Waals surface area contributed by atoms with Gasteiger partial charge in [-0.15, -0.1) is 22.7 Å². The van der Waals surface area contributed by atoms with E-state index in [1.54, 1.807) is 11.3 Å². The van der Waals surface area contributed by atoms with Crippen LogP contribution in [0.5, 0.6) is 0 Å². The Labute approximate surface area is 169 Å². The van der Waals surface area contributed by atoms with Gasteiger partial charge in [-0.05, 0) is 42.9 Å². The van der Waals surface area contributed by atoms with Crippen LogP contribution >= 0.6 is 22.7 Å². The fourth-order valence-electron chi connectivity index (χ4n) is 3.47. The number of unbranched alkanes of at least 4 members (excludes halogenated alkanes) is 4. The highest BCUT2D eigenvalue weighted by Crippen LogP contribution is 2.43. The molecule has 144 valence electrons. The number of carboxylic acids is 1. The van der Waals surface area contributed by atoms with Crippen molar-refractivity contribution >= 4 is 38.0 Å². The normalized spacial score (nSPS) is 11.3. The van der Waals surface area contributed by atoms with E-state index in [4.69, 9.17) is 0 Å². The van der Waals surface area contributed by atoms with Gasteiger partial charge in [-0.2, -0.15) is 0 Å². The number of rotatable bonds is 10. The topological polar surface area (TPSA) is 37.3 Å². The van der Waals surface area contributed by atoms with Gasteiger partial charge < -0.3 is 5.11 Å². The van der Waals surface area contributed by atoms with Crippen LogP contribution in [0.15, 0.2) is 30.3 Å². The molecule has 2 nitrogen and oxygen atoms in total. The zero-order valence-corrected chi connectivity index (χ0v) is 17.8. The Morgan fingerprint density at radius 2 is 1.59 bits per heavy atom. The van der Waals surface area contributed by atoms with Crippen molar-refractivity contribution in [2.24, 2.45) is 0 Å². The van der Waals surface area contributed by atoms with Crippen molar-refractivity contribution in [3.63, 3.8) is 0 Å². The van der Waals surface area contributed by atoms with E-state index in [0.717, 1.165) is 33.4 Å². The third kappa shape index (κ3) is 4.80. The number of carboxylic acid groups (broad SMARTS) is 1. The second-order valence-electron chi connectivity index (χ2n) is 7.14. The van der Waals surface area contributed by atoms with Crippen molar-refractivity contribution in [2.45, 2.75) is 65.2 Å². The molecule has 0 aliphatic carbocycles. The molecule has 0 aliphatic rings. The van der Waals surface area contributed by atoms with Crippen LogP contribution in [0.3, 0.4) is 0 Å². The lowest BCUT2D eigenvalue weighted by molar-refractivity contribution is 0.0703. The maximum atomic E-state index is 11.8. The van der Waals surface area contributed by atoms with Gasteiger partial charge in [0.1, 0.15) is 4.88 Å². The highest BCUT2D eigenvalue weighted by molar-refractivity contribution is 7.39. The van der Waals surface area contributed by atoms with E-state index >= 15 is 0 Å². The molecule has 0 unspecified atom stereocenters. The zero-order chi connectivity index (χ0) is 19.2. The second-order valence-corrected chi connectivity index (χ2v) is 9.55. The Bertz CT molecular complexity index is 887. The summed E-state index contributed by atoms with van der Waals surface area (Å²) in [5, 5.41) is 10.8. The summed E-state index contributed by atoms with van der Waals surface area (Å²) in [7, 11) is 0. The van der Waals surface area contributed by atoms with Gasteiger partial charge in [-0.25, -0.2) is 4.79 Å². The lowest BCUT2D eigenvalue weighted by atomic mass is 9.99. The van der Waals surface area contributed by atoms with Crippen LogP contribution in [0, 0.1) is 0 Å². The molecule has 3 aromatic rings. The number of aryl methyl sites for hydroxylation is 2. The minimum atomic E-state index is -0.821. The highest BCUT2D eigenvalue weighted by Gasteiger charge is 2.21. The average molecular weight is 401 g/mol. The van der Waals surface area contributed by atoms with E-state index in [1.807, 2.05) is 0 Å². The van der Waals surface area contributed by atoms with Crippen molar-refractivity contribution in [3.05, 3.63) is 45.6 Å². The molecular formula is C23H28O2S2. The van der Waals surface area contributed by atoms with Crippen LogP contribution in [0.25, 0.3) is 20.5 Å². The molecule has 2 aromatic heterocycles. The van der Waals surface area contributed by atoms with Gasteiger partial charge in [-0.1, -0.05) is 63.8 Å². The molecule has 0 radical (unpaired) electrons. The molecule has 1 N–H and O–H groups in total. The van der Waals surface area contributed by atoms with Gasteiger partial charge >= 0.3 is 5.97 Å². The first-order valence-corrected chi connectivity index (χ1v) is 11.6. The lowest BCUT2D eigenvalue weighted by Gasteiger charge is -2.05. The number of fused-ring (bicyclic) bond motifs is 1. The molecule has 0 spiro atoms. The highest BCUT2D eigenvalue weighted by atomic mass is 32.2. The van der Waals surface area contributed by atoms with E-state index in [-0.39, 0.29) is 0 Å². The molecule has 0 fully saturated rings. The fourth-order valence-corrected chi connectivity index (χ4v) is 6.01. The first-order valence-electron chi connectivity index (χ1n) is 10.0. The van der Waals surface area contributed by atoms with Crippen LogP contribution in [0.4, 0.5) is 0 Å². The van der Waals surface area contributed by atoms with Crippen molar-refractivity contribution < 1.29 is 9.90 Å². The molecule has 3 rings (SSSR count). The predicted octanol–water partition coefficient (Wildman–Crippen LogP) is 7.79. The van der Waals surface area contributed by atoms with Crippen molar-refractivity contribution in [1.29, 1.82) is 0 Å². The molecule has 0 saturated carbocycles. The van der Waals surface area contributed by atoms with E-state index in [0.29, 0.717) is 4.88 Å². The first-order chi connectivity index (χ1) is 13.1. The van der Waals surface area contributed by atoms with Crippen molar-refractivity contribution in [1.82, 2.24) is 0 Å². The third-order valence-electron chi connectivity index (χ3n) is 4.97. The number of thiophene rings is 2. The predicted molar refractivity (Wildman–Crippen MR) is 119 cm³/mol. The van der Waals surface area contributed by atoms with Crippen molar-refractivity contribution in [3.8, 4) is 11.1 Å². The summed E-state index contributed by atoms with van der Waals surface area (Å²) in [5.41, 5.74) is 3.26. The number of aromatic carboxylic acids is 1. The Hall–Kier alpha value is -1.65. The molecule has 0 atom stereocenters. The van der Waals surface area contributed by atoms with Crippen LogP contribution in [-0.2, 0) is 12.8 Å². The van der Waals surface area contributed by atoms with Gasteiger partial charge in [0.15, 0.2) is 0 Å².